The lowest BCUT2D eigenvalue weighted by Gasteiger charge is -2.28. The molecule has 3 rings (SSSR count). The average molecular weight is 307 g/mol. The highest BCUT2D eigenvalue weighted by Crippen LogP contribution is 2.20. The number of aromatic nitrogens is 4. The van der Waals surface area contributed by atoms with E-state index < -0.39 is 6.10 Å². The molecule has 2 atom stereocenters. The van der Waals surface area contributed by atoms with Crippen LogP contribution in [-0.2, 0) is 11.3 Å². The van der Waals surface area contributed by atoms with Crippen molar-refractivity contribution in [1.82, 2.24) is 25.5 Å². The number of hydrogen-bond acceptors (Lipinski definition) is 6. The lowest BCUT2D eigenvalue weighted by molar-refractivity contribution is -0.124. The highest BCUT2D eigenvalue weighted by molar-refractivity contribution is 7.13. The van der Waals surface area contributed by atoms with Gasteiger partial charge < -0.3 is 10.4 Å². The maximum atomic E-state index is 12.0. The zero-order valence-corrected chi connectivity index (χ0v) is 12.3. The quantitative estimate of drug-likeness (QED) is 0.872. The van der Waals surface area contributed by atoms with Gasteiger partial charge in [0.1, 0.15) is 6.54 Å². The Morgan fingerprint density at radius 1 is 1.48 bits per heavy atom. The van der Waals surface area contributed by atoms with Gasteiger partial charge in [0.05, 0.1) is 17.0 Å². The van der Waals surface area contributed by atoms with Gasteiger partial charge >= 0.3 is 0 Å². The zero-order valence-electron chi connectivity index (χ0n) is 11.5. The monoisotopic (exact) mass is 307 g/mol. The van der Waals surface area contributed by atoms with Gasteiger partial charge in [0, 0.05) is 0 Å². The van der Waals surface area contributed by atoms with E-state index in [4.69, 9.17) is 0 Å². The van der Waals surface area contributed by atoms with E-state index in [1.165, 1.54) is 16.1 Å². The van der Waals surface area contributed by atoms with E-state index in [-0.39, 0.29) is 18.5 Å². The Hall–Kier alpha value is -1.80. The van der Waals surface area contributed by atoms with E-state index in [2.05, 4.69) is 20.7 Å². The summed E-state index contributed by atoms with van der Waals surface area (Å²) in [4.78, 5) is 14.2. The van der Waals surface area contributed by atoms with Gasteiger partial charge in [-0.1, -0.05) is 18.9 Å². The SMILES string of the molecule is O=C(Cn1nnc(-c2cccs2)n1)NC1CCCCC1O. The Labute approximate surface area is 126 Å². The van der Waals surface area contributed by atoms with Gasteiger partial charge in [-0.05, 0) is 29.5 Å². The van der Waals surface area contributed by atoms with Gasteiger partial charge in [-0.2, -0.15) is 4.80 Å². The molecule has 8 heteroatoms. The van der Waals surface area contributed by atoms with Gasteiger partial charge in [0.15, 0.2) is 0 Å². The number of aliphatic hydroxyl groups excluding tert-OH is 1. The smallest absolute Gasteiger partial charge is 0.243 e. The van der Waals surface area contributed by atoms with E-state index in [1.54, 1.807) is 0 Å². The van der Waals surface area contributed by atoms with E-state index >= 15 is 0 Å². The summed E-state index contributed by atoms with van der Waals surface area (Å²) in [7, 11) is 0. The standard InChI is InChI=1S/C13H17N5O2S/c19-10-5-2-1-4-9(10)14-12(20)8-18-16-13(15-17-18)11-6-3-7-21-11/h3,6-7,9-10,19H,1-2,4-5,8H2,(H,14,20). The van der Waals surface area contributed by atoms with Crippen LogP contribution in [0, 0.1) is 0 Å². The number of nitrogens with zero attached hydrogens (tertiary/aromatic N) is 4. The Bertz CT molecular complexity index is 597. The first kappa shape index (κ1) is 14.2. The topological polar surface area (TPSA) is 92.9 Å². The second-order valence-corrected chi connectivity index (χ2v) is 6.09. The molecule has 0 aliphatic heterocycles. The molecule has 0 aromatic carbocycles. The summed E-state index contributed by atoms with van der Waals surface area (Å²) in [6.45, 7) is 0.0155. The number of amides is 1. The molecule has 2 aromatic rings. The minimum Gasteiger partial charge on any atom is -0.391 e. The fourth-order valence-electron chi connectivity index (χ4n) is 2.48. The molecule has 0 saturated heterocycles. The zero-order chi connectivity index (χ0) is 14.7. The summed E-state index contributed by atoms with van der Waals surface area (Å²) in [5, 5.41) is 26.6. The fraction of sp³-hybridized carbons (Fsp3) is 0.538. The molecule has 0 bridgehead atoms. The van der Waals surface area contributed by atoms with E-state index in [1.807, 2.05) is 17.5 Å². The van der Waals surface area contributed by atoms with E-state index in [9.17, 15) is 9.90 Å². The van der Waals surface area contributed by atoms with Crippen molar-refractivity contribution in [1.29, 1.82) is 0 Å². The van der Waals surface area contributed by atoms with Crippen molar-refractivity contribution < 1.29 is 9.90 Å². The second-order valence-electron chi connectivity index (χ2n) is 5.15. The lowest BCUT2D eigenvalue weighted by atomic mass is 9.92. The molecule has 0 radical (unpaired) electrons. The lowest BCUT2D eigenvalue weighted by Crippen LogP contribution is -2.46. The maximum absolute atomic E-state index is 12.0. The molecule has 0 spiro atoms. The van der Waals surface area contributed by atoms with Gasteiger partial charge in [0.25, 0.3) is 0 Å². The number of carbonyl (C=O) groups excluding carboxylic acids is 1. The van der Waals surface area contributed by atoms with Crippen molar-refractivity contribution in [2.75, 3.05) is 0 Å². The molecule has 112 valence electrons. The predicted molar refractivity (Wildman–Crippen MR) is 77.5 cm³/mol. The van der Waals surface area contributed by atoms with E-state index in [0.29, 0.717) is 5.82 Å². The molecule has 2 N–H and O–H groups in total. The van der Waals surface area contributed by atoms with Crippen LogP contribution in [-0.4, -0.2) is 43.4 Å². The van der Waals surface area contributed by atoms with Gasteiger partial charge in [-0.25, -0.2) is 0 Å². The summed E-state index contributed by atoms with van der Waals surface area (Å²) in [6, 6.07) is 3.66. The van der Waals surface area contributed by atoms with E-state index in [0.717, 1.165) is 30.6 Å². The Balaban J connectivity index is 1.57. The molecule has 1 saturated carbocycles. The molecule has 1 amide bonds. The largest absolute Gasteiger partial charge is 0.391 e. The highest BCUT2D eigenvalue weighted by Gasteiger charge is 2.24. The summed E-state index contributed by atoms with van der Waals surface area (Å²) in [5.74, 6) is 0.326. The van der Waals surface area contributed by atoms with Crippen molar-refractivity contribution in [2.24, 2.45) is 0 Å². The van der Waals surface area contributed by atoms with Crippen LogP contribution in [0.2, 0.25) is 0 Å². The van der Waals surface area contributed by atoms with Gasteiger partial charge in [-0.15, -0.1) is 21.5 Å². The van der Waals surface area contributed by atoms with Crippen molar-refractivity contribution in [3.8, 4) is 10.7 Å². The third kappa shape index (κ3) is 3.45. The average Bonchev–Trinajstić information content (AvgIpc) is 3.12. The van der Waals surface area contributed by atoms with Crippen molar-refractivity contribution in [3.05, 3.63) is 17.5 Å². The molecular weight excluding hydrogens is 290 g/mol. The third-order valence-electron chi connectivity index (χ3n) is 3.56. The first-order valence-corrected chi connectivity index (χ1v) is 7.89. The molecule has 7 nitrogen and oxygen atoms in total. The summed E-state index contributed by atoms with van der Waals surface area (Å²) in [6.07, 6.45) is 3.16. The molecule has 1 aliphatic carbocycles. The first-order chi connectivity index (χ1) is 10.2. The van der Waals surface area contributed by atoms with Crippen molar-refractivity contribution in [3.63, 3.8) is 0 Å². The Kier molecular flexibility index (Phi) is 4.26. The number of tetrazole rings is 1. The van der Waals surface area contributed by atoms with Crippen LogP contribution in [0.3, 0.4) is 0 Å². The van der Waals surface area contributed by atoms with Crippen molar-refractivity contribution >= 4 is 17.2 Å². The first-order valence-electron chi connectivity index (χ1n) is 7.01. The predicted octanol–water partition coefficient (Wildman–Crippen LogP) is 0.821. The molecule has 2 unspecified atom stereocenters. The van der Waals surface area contributed by atoms with Crippen LogP contribution in [0.25, 0.3) is 10.7 Å². The fourth-order valence-corrected chi connectivity index (χ4v) is 3.12. The molecule has 2 heterocycles. The number of aliphatic hydroxyl groups is 1. The highest BCUT2D eigenvalue weighted by atomic mass is 32.1. The molecule has 21 heavy (non-hydrogen) atoms. The molecule has 1 fully saturated rings. The number of hydrogen-bond donors (Lipinski definition) is 2. The Morgan fingerprint density at radius 2 is 2.33 bits per heavy atom. The van der Waals surface area contributed by atoms with Gasteiger partial charge in [-0.3, -0.25) is 4.79 Å². The third-order valence-corrected chi connectivity index (χ3v) is 4.42. The summed E-state index contributed by atoms with van der Waals surface area (Å²) in [5.41, 5.74) is 0. The minimum absolute atomic E-state index is 0.0155. The molecular formula is C13H17N5O2S. The van der Waals surface area contributed by atoms with Crippen LogP contribution in [0.1, 0.15) is 25.7 Å². The second kappa shape index (κ2) is 6.31. The maximum Gasteiger partial charge on any atom is 0.243 e. The minimum atomic E-state index is -0.451. The van der Waals surface area contributed by atoms with Crippen LogP contribution in [0.15, 0.2) is 17.5 Å². The van der Waals surface area contributed by atoms with Crippen LogP contribution < -0.4 is 5.32 Å². The number of nitrogens with one attached hydrogen (secondary N) is 1. The number of carbonyl (C=O) groups is 1. The molecule has 2 aromatic heterocycles. The summed E-state index contributed by atoms with van der Waals surface area (Å²) < 4.78 is 0. The summed E-state index contributed by atoms with van der Waals surface area (Å²) >= 11 is 1.53. The van der Waals surface area contributed by atoms with Gasteiger partial charge in [0.2, 0.25) is 11.7 Å². The van der Waals surface area contributed by atoms with Crippen LogP contribution in [0.5, 0.6) is 0 Å². The van der Waals surface area contributed by atoms with Crippen LogP contribution in [0.4, 0.5) is 0 Å². The van der Waals surface area contributed by atoms with Crippen molar-refractivity contribution in [2.45, 2.75) is 44.4 Å². The van der Waals surface area contributed by atoms with Crippen LogP contribution >= 0.6 is 11.3 Å². The Morgan fingerprint density at radius 3 is 3.10 bits per heavy atom. The normalized spacial score (nSPS) is 22.1. The molecule has 1 aliphatic rings. The number of rotatable bonds is 4. The number of thiophene rings is 1.